The molecule has 3 aromatic rings. The van der Waals surface area contributed by atoms with E-state index in [1.807, 2.05) is 0 Å². The van der Waals surface area contributed by atoms with E-state index in [4.69, 9.17) is 0 Å². The molecular weight excluding hydrogens is 336 g/mol. The van der Waals surface area contributed by atoms with Gasteiger partial charge in [0.25, 0.3) is 5.56 Å². The summed E-state index contributed by atoms with van der Waals surface area (Å²) in [5, 5.41) is 14.0. The highest BCUT2D eigenvalue weighted by molar-refractivity contribution is 9.10. The molecule has 0 fully saturated rings. The van der Waals surface area contributed by atoms with E-state index in [2.05, 4.69) is 21.0 Å². The van der Waals surface area contributed by atoms with Crippen LogP contribution in [0.15, 0.2) is 57.8 Å². The zero-order chi connectivity index (χ0) is 15.0. The van der Waals surface area contributed by atoms with E-state index in [0.717, 1.165) is 9.15 Å². The van der Waals surface area contributed by atoms with Gasteiger partial charge in [0.15, 0.2) is 5.69 Å². The number of carboxylic acids is 1. The third kappa shape index (κ3) is 2.34. The molecule has 21 heavy (non-hydrogen) atoms. The van der Waals surface area contributed by atoms with Crippen molar-refractivity contribution in [3.8, 4) is 5.69 Å². The number of rotatable bonds is 2. The van der Waals surface area contributed by atoms with Gasteiger partial charge in [-0.1, -0.05) is 34.1 Å². The molecule has 0 atom stereocenters. The Bertz CT molecular complexity index is 901. The summed E-state index contributed by atoms with van der Waals surface area (Å²) >= 11 is 3.31. The van der Waals surface area contributed by atoms with Crippen molar-refractivity contribution in [1.82, 2.24) is 9.78 Å². The fourth-order valence-electron chi connectivity index (χ4n) is 2.10. The predicted molar refractivity (Wildman–Crippen MR) is 82.0 cm³/mol. The van der Waals surface area contributed by atoms with Gasteiger partial charge in [-0.3, -0.25) is 4.79 Å². The molecule has 0 aliphatic rings. The van der Waals surface area contributed by atoms with Gasteiger partial charge in [0.2, 0.25) is 0 Å². The summed E-state index contributed by atoms with van der Waals surface area (Å²) in [6.07, 6.45) is 0. The predicted octanol–water partition coefficient (Wildman–Crippen LogP) is 2.85. The third-order valence-electron chi connectivity index (χ3n) is 3.08. The fourth-order valence-corrected chi connectivity index (χ4v) is 2.37. The number of aromatic nitrogens is 2. The molecular formula is C15H9BrN2O3. The van der Waals surface area contributed by atoms with Crippen LogP contribution in [0.4, 0.5) is 0 Å². The number of halogens is 1. The molecule has 0 unspecified atom stereocenters. The van der Waals surface area contributed by atoms with Crippen LogP contribution in [0.25, 0.3) is 16.5 Å². The second-order valence-corrected chi connectivity index (χ2v) is 5.31. The monoisotopic (exact) mass is 344 g/mol. The van der Waals surface area contributed by atoms with Crippen LogP contribution < -0.4 is 5.56 Å². The second kappa shape index (κ2) is 5.14. The van der Waals surface area contributed by atoms with E-state index < -0.39 is 5.97 Å². The Morgan fingerprint density at radius 2 is 1.67 bits per heavy atom. The lowest BCUT2D eigenvalue weighted by molar-refractivity contribution is 0.0691. The van der Waals surface area contributed by atoms with Crippen molar-refractivity contribution in [1.29, 1.82) is 0 Å². The van der Waals surface area contributed by atoms with Crippen LogP contribution in [0.2, 0.25) is 0 Å². The van der Waals surface area contributed by atoms with Gasteiger partial charge in [0, 0.05) is 9.86 Å². The van der Waals surface area contributed by atoms with E-state index in [1.54, 1.807) is 48.5 Å². The van der Waals surface area contributed by atoms with Gasteiger partial charge in [-0.15, -0.1) is 0 Å². The van der Waals surface area contributed by atoms with Gasteiger partial charge in [-0.25, -0.2) is 4.79 Å². The zero-order valence-electron chi connectivity index (χ0n) is 10.7. The summed E-state index contributed by atoms with van der Waals surface area (Å²) in [6, 6.07) is 13.5. The van der Waals surface area contributed by atoms with Crippen molar-refractivity contribution >= 4 is 32.7 Å². The molecule has 0 bridgehead atoms. The molecule has 1 N–H and O–H groups in total. The number of aromatic carboxylic acids is 1. The number of fused-ring (bicyclic) bond motifs is 1. The first-order valence-corrected chi connectivity index (χ1v) is 6.88. The van der Waals surface area contributed by atoms with Crippen LogP contribution in [-0.2, 0) is 0 Å². The highest BCUT2D eigenvalue weighted by Gasteiger charge is 2.16. The second-order valence-electron chi connectivity index (χ2n) is 4.39. The lowest BCUT2D eigenvalue weighted by Gasteiger charge is -2.08. The molecule has 0 aliphatic carbocycles. The molecule has 3 rings (SSSR count). The van der Waals surface area contributed by atoms with E-state index in [-0.39, 0.29) is 11.3 Å². The Kier molecular flexibility index (Phi) is 3.31. The Labute approximate surface area is 127 Å². The number of hydrogen-bond donors (Lipinski definition) is 1. The van der Waals surface area contributed by atoms with Gasteiger partial charge in [0.05, 0.1) is 11.1 Å². The maximum absolute atomic E-state index is 12.5. The van der Waals surface area contributed by atoms with Gasteiger partial charge < -0.3 is 5.11 Å². The first-order chi connectivity index (χ1) is 10.1. The van der Waals surface area contributed by atoms with E-state index in [0.29, 0.717) is 16.5 Å². The topological polar surface area (TPSA) is 72.2 Å². The van der Waals surface area contributed by atoms with Crippen LogP contribution in [0.5, 0.6) is 0 Å². The number of carboxylic acid groups (broad SMARTS) is 1. The summed E-state index contributed by atoms with van der Waals surface area (Å²) < 4.78 is 1.97. The van der Waals surface area contributed by atoms with Crippen molar-refractivity contribution in [3.63, 3.8) is 0 Å². The lowest BCUT2D eigenvalue weighted by atomic mass is 10.1. The summed E-state index contributed by atoms with van der Waals surface area (Å²) in [5.41, 5.74) is 0.0162. The van der Waals surface area contributed by atoms with Gasteiger partial charge in [0.1, 0.15) is 0 Å². The molecule has 1 heterocycles. The number of nitrogens with zero attached hydrogens (tertiary/aromatic N) is 2. The highest BCUT2D eigenvalue weighted by atomic mass is 79.9. The fraction of sp³-hybridized carbons (Fsp3) is 0. The molecule has 0 aliphatic heterocycles. The molecule has 2 aromatic carbocycles. The molecule has 0 spiro atoms. The average molecular weight is 345 g/mol. The van der Waals surface area contributed by atoms with Gasteiger partial charge in [-0.05, 0) is 30.3 Å². The van der Waals surface area contributed by atoms with E-state index in [9.17, 15) is 14.7 Å². The van der Waals surface area contributed by atoms with Crippen LogP contribution in [-0.4, -0.2) is 20.9 Å². The third-order valence-corrected chi connectivity index (χ3v) is 3.61. The van der Waals surface area contributed by atoms with Crippen molar-refractivity contribution in [2.45, 2.75) is 0 Å². The molecule has 6 heteroatoms. The number of benzene rings is 2. The summed E-state index contributed by atoms with van der Waals surface area (Å²) in [4.78, 5) is 23.9. The average Bonchev–Trinajstić information content (AvgIpc) is 2.49. The van der Waals surface area contributed by atoms with E-state index in [1.165, 1.54) is 0 Å². The summed E-state index contributed by atoms with van der Waals surface area (Å²) in [6.45, 7) is 0. The SMILES string of the molecule is O=C(O)c1nn(-c2ccc(Br)cc2)c(=O)c2ccccc12. The van der Waals surface area contributed by atoms with Crippen LogP contribution in [0.3, 0.4) is 0 Å². The van der Waals surface area contributed by atoms with Gasteiger partial charge in [-0.2, -0.15) is 9.78 Å². The van der Waals surface area contributed by atoms with Crippen molar-refractivity contribution in [3.05, 3.63) is 69.1 Å². The summed E-state index contributed by atoms with van der Waals surface area (Å²) in [7, 11) is 0. The van der Waals surface area contributed by atoms with Gasteiger partial charge >= 0.3 is 5.97 Å². The molecule has 104 valence electrons. The van der Waals surface area contributed by atoms with Crippen LogP contribution in [0.1, 0.15) is 10.5 Å². The minimum absolute atomic E-state index is 0.145. The zero-order valence-corrected chi connectivity index (χ0v) is 12.2. The molecule has 5 nitrogen and oxygen atoms in total. The first kappa shape index (κ1) is 13.5. The Hall–Kier alpha value is -2.47. The standard InChI is InChI=1S/C15H9BrN2O3/c16-9-5-7-10(8-6-9)18-14(19)12-4-2-1-3-11(12)13(17-18)15(20)21/h1-8H,(H,20,21). The largest absolute Gasteiger partial charge is 0.476 e. The number of hydrogen-bond acceptors (Lipinski definition) is 3. The Balaban J connectivity index is 2.39. The molecule has 0 radical (unpaired) electrons. The normalized spacial score (nSPS) is 10.7. The maximum Gasteiger partial charge on any atom is 0.357 e. The summed E-state index contributed by atoms with van der Waals surface area (Å²) in [5.74, 6) is -1.17. The quantitative estimate of drug-likeness (QED) is 0.775. The number of carbonyl (C=O) groups is 1. The molecule has 0 amide bonds. The van der Waals surface area contributed by atoms with Crippen LogP contribution in [0, 0.1) is 0 Å². The molecule has 0 saturated heterocycles. The van der Waals surface area contributed by atoms with Crippen molar-refractivity contribution in [2.75, 3.05) is 0 Å². The first-order valence-electron chi connectivity index (χ1n) is 6.09. The highest BCUT2D eigenvalue weighted by Crippen LogP contribution is 2.16. The Morgan fingerprint density at radius 1 is 1.05 bits per heavy atom. The Morgan fingerprint density at radius 3 is 2.29 bits per heavy atom. The van der Waals surface area contributed by atoms with Crippen molar-refractivity contribution < 1.29 is 9.90 Å². The molecule has 1 aromatic heterocycles. The maximum atomic E-state index is 12.5. The van der Waals surface area contributed by atoms with Crippen LogP contribution >= 0.6 is 15.9 Å². The minimum Gasteiger partial charge on any atom is -0.476 e. The molecule has 0 saturated carbocycles. The smallest absolute Gasteiger partial charge is 0.357 e. The van der Waals surface area contributed by atoms with E-state index >= 15 is 0 Å². The van der Waals surface area contributed by atoms with Crippen molar-refractivity contribution in [2.24, 2.45) is 0 Å². The minimum atomic E-state index is -1.17. The lowest BCUT2D eigenvalue weighted by Crippen LogP contribution is -2.24.